The van der Waals surface area contributed by atoms with Crippen molar-refractivity contribution >= 4 is 24.7 Å². The van der Waals surface area contributed by atoms with Gasteiger partial charge in [-0.3, -0.25) is 0 Å². The summed E-state index contributed by atoms with van der Waals surface area (Å²) in [6.45, 7) is 9.39. The van der Waals surface area contributed by atoms with Crippen LogP contribution in [0.15, 0.2) is 139 Å². The minimum atomic E-state index is -2.71. The Kier molecular flexibility index (Phi) is 13.5. The topological polar surface area (TPSA) is 54.0 Å². The summed E-state index contributed by atoms with van der Waals surface area (Å²) < 4.78 is 39.5. The van der Waals surface area contributed by atoms with E-state index in [1.165, 1.54) is 16.4 Å². The van der Waals surface area contributed by atoms with Crippen molar-refractivity contribution in [2.24, 2.45) is 0 Å². The average Bonchev–Trinajstić information content (AvgIpc) is 3.11. The molecule has 252 valence electrons. The highest BCUT2D eigenvalue weighted by Crippen LogP contribution is 2.36. The largest absolute Gasteiger partial charge is 0.497 e. The van der Waals surface area contributed by atoms with Crippen molar-refractivity contribution in [1.82, 2.24) is 0 Å². The second kappa shape index (κ2) is 17.7. The van der Waals surface area contributed by atoms with E-state index in [-0.39, 0.29) is 11.1 Å². The van der Waals surface area contributed by atoms with Crippen molar-refractivity contribution in [2.45, 2.75) is 64.4 Å². The fourth-order valence-corrected chi connectivity index (χ4v) is 10.2. The zero-order valence-corrected chi connectivity index (χ0v) is 29.6. The van der Waals surface area contributed by atoms with Crippen molar-refractivity contribution in [2.75, 3.05) is 13.7 Å². The van der Waals surface area contributed by atoms with Crippen molar-refractivity contribution in [3.63, 3.8) is 0 Å². The van der Waals surface area contributed by atoms with Crippen LogP contribution in [0.2, 0.25) is 5.04 Å². The van der Waals surface area contributed by atoms with Crippen LogP contribution in [0.25, 0.3) is 0 Å². The lowest BCUT2D eigenvalue weighted by molar-refractivity contribution is 0.0409. The predicted molar refractivity (Wildman–Crippen MR) is 194 cm³/mol. The van der Waals surface area contributed by atoms with Gasteiger partial charge in [0.05, 0.1) is 25.4 Å². The average molecular weight is 667 g/mol. The van der Waals surface area contributed by atoms with Crippen LogP contribution in [0.1, 0.15) is 56.5 Å². The van der Waals surface area contributed by atoms with Gasteiger partial charge < -0.3 is 18.6 Å². The normalized spacial score (nSPS) is 13.7. The molecule has 0 aliphatic carbocycles. The minimum Gasteiger partial charge on any atom is -0.497 e. The first-order valence-electron chi connectivity index (χ1n) is 16.4. The highest BCUT2D eigenvalue weighted by Gasteiger charge is 2.49. The van der Waals surface area contributed by atoms with Crippen LogP contribution in [0, 0.1) is 0 Å². The summed E-state index contributed by atoms with van der Waals surface area (Å²) in [5.74, 6) is -0.375. The van der Waals surface area contributed by atoms with Crippen LogP contribution >= 0.6 is 0 Å². The number of benzene rings is 4. The Balaban J connectivity index is 1.46. The highest BCUT2D eigenvalue weighted by atomic mass is 28.4. The van der Waals surface area contributed by atoms with Crippen LogP contribution in [0.4, 0.5) is 4.39 Å². The van der Waals surface area contributed by atoms with Crippen molar-refractivity contribution < 1.29 is 27.8 Å². The second-order valence-corrected chi connectivity index (χ2v) is 17.0. The van der Waals surface area contributed by atoms with Gasteiger partial charge in [-0.25, -0.2) is 9.18 Å². The van der Waals surface area contributed by atoms with E-state index in [0.717, 1.165) is 11.3 Å². The number of esters is 1. The van der Waals surface area contributed by atoms with Gasteiger partial charge in [-0.2, -0.15) is 0 Å². The molecule has 0 N–H and O–H groups in total. The maximum absolute atomic E-state index is 15.7. The molecule has 4 aromatic carbocycles. The number of carbonyl (C=O) groups excluding carboxylic acids is 1. The Morgan fingerprint density at radius 3 is 1.94 bits per heavy atom. The van der Waals surface area contributed by atoms with E-state index in [2.05, 4.69) is 69.3 Å². The van der Waals surface area contributed by atoms with Crippen molar-refractivity contribution in [3.05, 3.63) is 150 Å². The lowest BCUT2D eigenvalue weighted by Gasteiger charge is -2.43. The van der Waals surface area contributed by atoms with Gasteiger partial charge >= 0.3 is 5.97 Å². The Labute approximate surface area is 286 Å². The van der Waals surface area contributed by atoms with Gasteiger partial charge in [-0.05, 0) is 77.2 Å². The van der Waals surface area contributed by atoms with Crippen LogP contribution in [-0.2, 0) is 20.5 Å². The van der Waals surface area contributed by atoms with E-state index >= 15 is 4.39 Å². The van der Waals surface area contributed by atoms with E-state index in [9.17, 15) is 4.79 Å². The number of halogens is 1. The molecular formula is C41H47FO5Si. The fraction of sp³-hybridized carbons (Fsp3) is 0.293. The first-order valence-corrected chi connectivity index (χ1v) is 18.3. The Morgan fingerprint density at radius 2 is 1.40 bits per heavy atom. The zero-order chi connectivity index (χ0) is 34.4. The molecule has 0 bridgehead atoms. The van der Waals surface area contributed by atoms with E-state index in [1.54, 1.807) is 37.5 Å². The third-order valence-electron chi connectivity index (χ3n) is 8.18. The minimum absolute atomic E-state index is 0.159. The van der Waals surface area contributed by atoms with E-state index in [4.69, 9.17) is 18.6 Å². The van der Waals surface area contributed by atoms with Gasteiger partial charge in [-0.1, -0.05) is 118 Å². The van der Waals surface area contributed by atoms with Crippen LogP contribution in [0.3, 0.4) is 0 Å². The van der Waals surface area contributed by atoms with Gasteiger partial charge in [-0.15, -0.1) is 0 Å². The molecule has 0 heterocycles. The van der Waals surface area contributed by atoms with Gasteiger partial charge in [0.15, 0.2) is 6.10 Å². The number of hydrogen-bond acceptors (Lipinski definition) is 5. The molecule has 0 aliphatic rings. The monoisotopic (exact) mass is 666 g/mol. The first kappa shape index (κ1) is 36.5. The first-order chi connectivity index (χ1) is 23.1. The molecule has 48 heavy (non-hydrogen) atoms. The number of hydrogen-bond donors (Lipinski definition) is 0. The van der Waals surface area contributed by atoms with E-state index in [1.807, 2.05) is 55.5 Å². The molecule has 7 heteroatoms. The third-order valence-corrected chi connectivity index (χ3v) is 13.2. The molecule has 0 fully saturated rings. The number of rotatable bonds is 16. The molecule has 5 nitrogen and oxygen atoms in total. The lowest BCUT2D eigenvalue weighted by Crippen LogP contribution is -2.66. The van der Waals surface area contributed by atoms with Crippen molar-refractivity contribution in [1.29, 1.82) is 0 Å². The quantitative estimate of drug-likeness (QED) is 0.0519. The zero-order valence-electron chi connectivity index (χ0n) is 28.6. The third kappa shape index (κ3) is 9.86. The summed E-state index contributed by atoms with van der Waals surface area (Å²) in [7, 11) is -1.08. The van der Waals surface area contributed by atoms with Gasteiger partial charge in [0.2, 0.25) is 0 Å². The Morgan fingerprint density at radius 1 is 0.833 bits per heavy atom. The number of ether oxygens (including phenoxy) is 3. The Bertz CT molecular complexity index is 1560. The van der Waals surface area contributed by atoms with E-state index in [0.29, 0.717) is 31.6 Å². The molecule has 4 aromatic rings. The number of carbonyl (C=O) groups is 1. The molecule has 0 aromatic heterocycles. The van der Waals surface area contributed by atoms with Gasteiger partial charge in [0.1, 0.15) is 11.6 Å². The maximum atomic E-state index is 15.7. The maximum Gasteiger partial charge on any atom is 0.339 e. The summed E-state index contributed by atoms with van der Waals surface area (Å²) in [6, 6.07) is 37.1. The summed E-state index contributed by atoms with van der Waals surface area (Å²) in [6.07, 6.45) is 4.25. The molecule has 4 rings (SSSR count). The summed E-state index contributed by atoms with van der Waals surface area (Å²) in [5.41, 5.74) is 1.35. The molecule has 0 saturated heterocycles. The van der Waals surface area contributed by atoms with Gasteiger partial charge in [0, 0.05) is 6.61 Å². The highest BCUT2D eigenvalue weighted by molar-refractivity contribution is 6.99. The molecular weight excluding hydrogens is 620 g/mol. The van der Waals surface area contributed by atoms with E-state index < -0.39 is 26.2 Å². The van der Waals surface area contributed by atoms with Crippen molar-refractivity contribution in [3.8, 4) is 5.75 Å². The molecule has 2 atom stereocenters. The SMILES string of the molecule is COc1ccc(CO[C@H](C)CC=C(F)C(C=CCCO[Si](c2ccccc2)(c2ccccc2)C(C)(C)C)OC(=O)c2ccccc2)cc1. The lowest BCUT2D eigenvalue weighted by atomic mass is 10.2. The van der Waals surface area contributed by atoms with Crippen LogP contribution in [0.5, 0.6) is 5.75 Å². The standard InChI is InChI=1S/C41H47FO5Si/c1-32(45-31-33-25-27-35(44-5)28-26-33)24-29-38(42)39(47-40(43)34-17-9-6-10-18-34)23-15-16-30-46-48(41(2,3)4,36-19-11-7-12-20-36)37-21-13-8-14-22-37/h6-15,17-23,25-29,32,39H,16,24,30-31H2,1-5H3/t32-,39?/m1/s1. The summed E-state index contributed by atoms with van der Waals surface area (Å²) >= 11 is 0. The summed E-state index contributed by atoms with van der Waals surface area (Å²) in [5, 5.41) is 2.23. The molecule has 0 radical (unpaired) electrons. The molecule has 0 amide bonds. The van der Waals surface area contributed by atoms with Gasteiger partial charge in [0.25, 0.3) is 8.32 Å². The van der Waals surface area contributed by atoms with Crippen LogP contribution in [-0.4, -0.2) is 40.2 Å². The Hall–Kier alpha value is -4.30. The molecule has 1 unspecified atom stereocenters. The molecule has 0 aliphatic heterocycles. The molecule has 0 saturated carbocycles. The van der Waals surface area contributed by atoms with Crippen LogP contribution < -0.4 is 15.1 Å². The summed E-state index contributed by atoms with van der Waals surface area (Å²) in [4.78, 5) is 12.9. The molecule has 0 spiro atoms. The number of methoxy groups -OCH3 is 1. The fourth-order valence-electron chi connectivity index (χ4n) is 5.63. The smallest absolute Gasteiger partial charge is 0.339 e. The predicted octanol–water partition coefficient (Wildman–Crippen LogP) is 8.59. The second-order valence-electron chi connectivity index (χ2n) is 12.7.